The van der Waals surface area contributed by atoms with Gasteiger partial charge in [0, 0.05) is 48.1 Å². The van der Waals surface area contributed by atoms with Crippen molar-refractivity contribution in [3.05, 3.63) is 187 Å². The minimum absolute atomic E-state index is 0.111. The van der Waals surface area contributed by atoms with Gasteiger partial charge in [0.05, 0.1) is 11.0 Å². The highest BCUT2D eigenvalue weighted by Gasteiger charge is 2.24. The first-order valence-electron chi connectivity index (χ1n) is 19.0. The van der Waals surface area contributed by atoms with Crippen molar-refractivity contribution in [1.29, 1.82) is 0 Å². The molecule has 0 spiro atoms. The molecule has 54 heavy (non-hydrogen) atoms. The number of thiophene rings is 1. The summed E-state index contributed by atoms with van der Waals surface area (Å²) < 4.78 is 5.17. The molecule has 1 aliphatic rings. The molecule has 1 atom stereocenters. The number of para-hydroxylation sites is 1. The van der Waals surface area contributed by atoms with Crippen LogP contribution in [0.5, 0.6) is 0 Å². The molecule has 1 unspecified atom stereocenters. The third-order valence-corrected chi connectivity index (χ3v) is 12.5. The second kappa shape index (κ2) is 12.9. The summed E-state index contributed by atoms with van der Waals surface area (Å²) in [6.07, 6.45) is 9.96. The summed E-state index contributed by atoms with van der Waals surface area (Å²) in [4.78, 5) is 0. The molecule has 2 aromatic heterocycles. The van der Waals surface area contributed by atoms with Crippen molar-refractivity contribution in [3.8, 4) is 39.1 Å². The van der Waals surface area contributed by atoms with Crippen LogP contribution < -0.4 is 0 Å². The number of aromatic nitrogens is 1. The van der Waals surface area contributed by atoms with Gasteiger partial charge in [0.1, 0.15) is 0 Å². The molecular weight excluding hydrogens is 671 g/mol. The lowest BCUT2D eigenvalue weighted by atomic mass is 9.86. The summed E-state index contributed by atoms with van der Waals surface area (Å²) >= 11 is 1.93. The summed E-state index contributed by atoms with van der Waals surface area (Å²) in [6.45, 7) is 6.85. The maximum atomic E-state index is 2.52. The molecule has 0 aliphatic heterocycles. The molecule has 0 radical (unpaired) electrons. The zero-order valence-corrected chi connectivity index (χ0v) is 31.7. The van der Waals surface area contributed by atoms with Crippen LogP contribution in [0.2, 0.25) is 0 Å². The van der Waals surface area contributed by atoms with Crippen LogP contribution in [-0.2, 0) is 5.41 Å². The van der Waals surface area contributed by atoms with Gasteiger partial charge in [-0.15, -0.1) is 11.3 Å². The van der Waals surface area contributed by atoms with Gasteiger partial charge in [-0.2, -0.15) is 0 Å². The molecular formula is C52H41NS. The highest BCUT2D eigenvalue weighted by Crippen LogP contribution is 2.50. The fourth-order valence-electron chi connectivity index (χ4n) is 8.48. The molecule has 260 valence electrons. The molecule has 0 saturated carbocycles. The number of hydrogen-bond donors (Lipinski definition) is 0. The summed E-state index contributed by atoms with van der Waals surface area (Å²) in [7, 11) is 0. The zero-order chi connectivity index (χ0) is 36.4. The fourth-order valence-corrected chi connectivity index (χ4v) is 9.77. The number of fused-ring (bicyclic) bond motifs is 7. The second-order valence-corrected chi connectivity index (χ2v) is 16.7. The predicted octanol–water partition coefficient (Wildman–Crippen LogP) is 15.0. The van der Waals surface area contributed by atoms with Crippen molar-refractivity contribution in [2.45, 2.75) is 38.5 Å². The first kappa shape index (κ1) is 32.7. The van der Waals surface area contributed by atoms with Gasteiger partial charge in [-0.3, -0.25) is 0 Å². The molecule has 0 bridgehead atoms. The van der Waals surface area contributed by atoms with E-state index in [9.17, 15) is 0 Å². The first-order chi connectivity index (χ1) is 26.4. The minimum Gasteiger partial charge on any atom is -0.309 e. The number of benzene rings is 7. The SMILES string of the molecule is CC(C)(C)c1ccc(-c2cccc3c2sc2cc(-c4ccc(C5C=CC=CC5)cc4)c4c(c5ccc(-c6ccccc6)cc5n4-c4ccccc4)c23)cc1. The number of hydrogen-bond acceptors (Lipinski definition) is 1. The first-order valence-corrected chi connectivity index (χ1v) is 19.9. The van der Waals surface area contributed by atoms with Crippen LogP contribution in [-0.4, -0.2) is 4.57 Å². The van der Waals surface area contributed by atoms with Gasteiger partial charge in [-0.1, -0.05) is 172 Å². The highest BCUT2D eigenvalue weighted by molar-refractivity contribution is 7.26. The zero-order valence-electron chi connectivity index (χ0n) is 30.9. The van der Waals surface area contributed by atoms with Crippen molar-refractivity contribution in [1.82, 2.24) is 4.57 Å². The van der Waals surface area contributed by atoms with Crippen molar-refractivity contribution in [2.75, 3.05) is 0 Å². The van der Waals surface area contributed by atoms with Crippen LogP contribution in [0.25, 0.3) is 81.0 Å². The Hall–Kier alpha value is -5.96. The van der Waals surface area contributed by atoms with E-state index in [1.54, 1.807) is 0 Å². The lowest BCUT2D eigenvalue weighted by molar-refractivity contribution is 0.590. The monoisotopic (exact) mass is 711 g/mol. The Labute approximate surface area is 321 Å². The van der Waals surface area contributed by atoms with E-state index in [1.165, 1.54) is 92.2 Å². The van der Waals surface area contributed by atoms with Gasteiger partial charge in [0.2, 0.25) is 0 Å². The Morgan fingerprint density at radius 1 is 0.574 bits per heavy atom. The molecule has 9 aromatic rings. The van der Waals surface area contributed by atoms with Gasteiger partial charge >= 0.3 is 0 Å². The fraction of sp³-hybridized carbons (Fsp3) is 0.115. The lowest BCUT2D eigenvalue weighted by Crippen LogP contribution is -2.10. The third-order valence-electron chi connectivity index (χ3n) is 11.3. The van der Waals surface area contributed by atoms with E-state index in [4.69, 9.17) is 0 Å². The maximum absolute atomic E-state index is 2.52. The standard InChI is InChI=1S/C52H41NS/c1-52(2,3)40-29-26-37(27-30-40)42-20-13-21-44-48-47(54-51(42)44)33-45(38-24-22-36(23-25-38)34-14-7-4-8-15-34)50-49(48)43-31-28-39(35-16-9-5-10-17-35)32-46(43)53(50)41-18-11-6-12-19-41/h4-14,16-34H,15H2,1-3H3. The van der Waals surface area contributed by atoms with E-state index < -0.39 is 0 Å². The number of rotatable bonds is 5. The normalized spacial score (nSPS) is 14.5. The molecule has 0 N–H and O–H groups in total. The Balaban J connectivity index is 1.30. The molecule has 0 saturated heterocycles. The quantitative estimate of drug-likeness (QED) is 0.167. The maximum Gasteiger partial charge on any atom is 0.0626 e. The Kier molecular flexibility index (Phi) is 7.78. The topological polar surface area (TPSA) is 4.93 Å². The van der Waals surface area contributed by atoms with Crippen LogP contribution >= 0.6 is 11.3 Å². The largest absolute Gasteiger partial charge is 0.309 e. The van der Waals surface area contributed by atoms with Crippen LogP contribution in [0, 0.1) is 0 Å². The van der Waals surface area contributed by atoms with E-state index in [0.717, 1.165) is 6.42 Å². The lowest BCUT2D eigenvalue weighted by Gasteiger charge is -2.19. The van der Waals surface area contributed by atoms with Gasteiger partial charge in [-0.05, 0) is 75.0 Å². The Bertz CT molecular complexity index is 2900. The molecule has 2 heteroatoms. The van der Waals surface area contributed by atoms with Gasteiger partial charge < -0.3 is 4.57 Å². The minimum atomic E-state index is 0.111. The van der Waals surface area contributed by atoms with E-state index in [2.05, 4.69) is 201 Å². The van der Waals surface area contributed by atoms with E-state index in [-0.39, 0.29) is 5.41 Å². The van der Waals surface area contributed by atoms with Crippen molar-refractivity contribution in [3.63, 3.8) is 0 Å². The Morgan fingerprint density at radius 2 is 1.28 bits per heavy atom. The van der Waals surface area contributed by atoms with Crippen molar-refractivity contribution >= 4 is 53.3 Å². The molecule has 7 aromatic carbocycles. The molecule has 1 nitrogen and oxygen atoms in total. The van der Waals surface area contributed by atoms with E-state index >= 15 is 0 Å². The van der Waals surface area contributed by atoms with Crippen molar-refractivity contribution < 1.29 is 0 Å². The van der Waals surface area contributed by atoms with Gasteiger partial charge in [0.15, 0.2) is 0 Å². The van der Waals surface area contributed by atoms with E-state index in [0.29, 0.717) is 5.92 Å². The predicted molar refractivity (Wildman–Crippen MR) is 234 cm³/mol. The van der Waals surface area contributed by atoms with Crippen LogP contribution in [0.1, 0.15) is 44.2 Å². The van der Waals surface area contributed by atoms with Crippen LogP contribution in [0.3, 0.4) is 0 Å². The summed E-state index contributed by atoms with van der Waals surface area (Å²) in [5.74, 6) is 0.414. The van der Waals surface area contributed by atoms with Crippen LogP contribution in [0.4, 0.5) is 0 Å². The van der Waals surface area contributed by atoms with E-state index in [1.807, 2.05) is 11.3 Å². The molecule has 0 fully saturated rings. The number of allylic oxidation sites excluding steroid dienone is 4. The average molecular weight is 712 g/mol. The number of nitrogens with zero attached hydrogens (tertiary/aromatic N) is 1. The summed E-state index contributed by atoms with van der Waals surface area (Å²) in [6, 6.07) is 56.7. The second-order valence-electron chi connectivity index (χ2n) is 15.7. The Morgan fingerprint density at radius 3 is 2.00 bits per heavy atom. The summed E-state index contributed by atoms with van der Waals surface area (Å²) in [5, 5.41) is 5.24. The average Bonchev–Trinajstić information content (AvgIpc) is 3.77. The molecule has 2 heterocycles. The van der Waals surface area contributed by atoms with Gasteiger partial charge in [0.25, 0.3) is 0 Å². The molecule has 10 rings (SSSR count). The van der Waals surface area contributed by atoms with Crippen LogP contribution in [0.15, 0.2) is 176 Å². The smallest absolute Gasteiger partial charge is 0.0626 e. The molecule has 1 aliphatic carbocycles. The van der Waals surface area contributed by atoms with Crippen molar-refractivity contribution in [2.24, 2.45) is 0 Å². The molecule has 0 amide bonds. The third kappa shape index (κ3) is 5.44. The van der Waals surface area contributed by atoms with Gasteiger partial charge in [-0.25, -0.2) is 0 Å². The highest BCUT2D eigenvalue weighted by atomic mass is 32.1. The summed E-state index contributed by atoms with van der Waals surface area (Å²) in [5.41, 5.74) is 13.9.